The Morgan fingerprint density at radius 3 is 2.36 bits per heavy atom. The fraction of sp³-hybridized carbons (Fsp3) is 0.368. The highest BCUT2D eigenvalue weighted by molar-refractivity contribution is 5.60. The average Bonchev–Trinajstić information content (AvgIpc) is 2.41. The van der Waals surface area contributed by atoms with E-state index < -0.39 is 6.10 Å². The third-order valence-corrected chi connectivity index (χ3v) is 4.36. The number of aliphatic hydroxyl groups excluding tert-OH is 1. The van der Waals surface area contributed by atoms with Gasteiger partial charge in [0.1, 0.15) is 11.5 Å². The van der Waals surface area contributed by atoms with Crippen molar-refractivity contribution in [2.45, 2.75) is 39.2 Å². The topological polar surface area (TPSA) is 60.7 Å². The summed E-state index contributed by atoms with van der Waals surface area (Å²) in [7, 11) is 0. The second-order valence-electron chi connectivity index (χ2n) is 6.11. The van der Waals surface area contributed by atoms with Crippen LogP contribution in [0.2, 0.25) is 0 Å². The molecule has 2 rings (SSSR count). The summed E-state index contributed by atoms with van der Waals surface area (Å²) in [6, 6.07) is 3.30. The van der Waals surface area contributed by atoms with Gasteiger partial charge in [0.2, 0.25) is 0 Å². The monoisotopic (exact) mass is 300 g/mol. The Hall–Kier alpha value is -2.00. The molecule has 3 heteroatoms. The standard InChI is InChI=1S/C19H24O3/c1-5-6-13-8-17(21)19(18(22)9-13)15-7-12(4)16(20)10-14(15)11(2)3/h5-9,14-16,20-22H,2,10H2,1,3-4H3/b6-5+/t14?,15-,16?/m0/s1. The van der Waals surface area contributed by atoms with E-state index in [1.54, 1.807) is 12.1 Å². The first-order valence-corrected chi connectivity index (χ1v) is 7.55. The summed E-state index contributed by atoms with van der Waals surface area (Å²) in [5, 5.41) is 30.8. The lowest BCUT2D eigenvalue weighted by Crippen LogP contribution is -2.26. The van der Waals surface area contributed by atoms with Crippen LogP contribution in [0.25, 0.3) is 6.08 Å². The van der Waals surface area contributed by atoms with Gasteiger partial charge in [0.15, 0.2) is 0 Å². The largest absolute Gasteiger partial charge is 0.507 e. The van der Waals surface area contributed by atoms with E-state index in [0.29, 0.717) is 12.0 Å². The van der Waals surface area contributed by atoms with Gasteiger partial charge in [-0.1, -0.05) is 30.4 Å². The zero-order chi connectivity index (χ0) is 16.4. The molecule has 1 aliphatic carbocycles. The van der Waals surface area contributed by atoms with Crippen molar-refractivity contribution in [1.82, 2.24) is 0 Å². The molecule has 0 aromatic heterocycles. The molecule has 1 aromatic carbocycles. The summed E-state index contributed by atoms with van der Waals surface area (Å²) < 4.78 is 0. The molecule has 0 heterocycles. The maximum absolute atomic E-state index is 10.4. The first-order chi connectivity index (χ1) is 10.3. The van der Waals surface area contributed by atoms with Gasteiger partial charge in [-0.05, 0) is 56.4 Å². The van der Waals surface area contributed by atoms with E-state index in [1.807, 2.05) is 39.0 Å². The Morgan fingerprint density at radius 2 is 1.86 bits per heavy atom. The van der Waals surface area contributed by atoms with Crippen molar-refractivity contribution in [1.29, 1.82) is 0 Å². The summed E-state index contributed by atoms with van der Waals surface area (Å²) in [6.07, 6.45) is 5.66. The number of benzene rings is 1. The van der Waals surface area contributed by atoms with Crippen LogP contribution in [-0.2, 0) is 0 Å². The van der Waals surface area contributed by atoms with E-state index in [0.717, 1.165) is 16.7 Å². The Balaban J connectivity index is 2.55. The fourth-order valence-corrected chi connectivity index (χ4v) is 3.15. The molecule has 22 heavy (non-hydrogen) atoms. The van der Waals surface area contributed by atoms with Crippen LogP contribution in [0.5, 0.6) is 11.5 Å². The molecule has 3 nitrogen and oxygen atoms in total. The summed E-state index contributed by atoms with van der Waals surface area (Å²) in [4.78, 5) is 0. The van der Waals surface area contributed by atoms with Crippen molar-refractivity contribution >= 4 is 6.08 Å². The number of phenolic OH excluding ortho intramolecular Hbond substituents is 2. The highest BCUT2D eigenvalue weighted by atomic mass is 16.3. The third-order valence-electron chi connectivity index (χ3n) is 4.36. The Bertz CT molecular complexity index is 617. The minimum Gasteiger partial charge on any atom is -0.507 e. The predicted octanol–water partition coefficient (Wildman–Crippen LogP) is 4.12. The van der Waals surface area contributed by atoms with Crippen LogP contribution < -0.4 is 0 Å². The van der Waals surface area contributed by atoms with E-state index in [4.69, 9.17) is 0 Å². The van der Waals surface area contributed by atoms with Crippen LogP contribution in [0.1, 0.15) is 44.2 Å². The predicted molar refractivity (Wildman–Crippen MR) is 89.9 cm³/mol. The van der Waals surface area contributed by atoms with Crippen LogP contribution in [0.15, 0.2) is 42.0 Å². The van der Waals surface area contributed by atoms with E-state index >= 15 is 0 Å². The molecular formula is C19H24O3. The smallest absolute Gasteiger partial charge is 0.123 e. The first kappa shape index (κ1) is 16.4. The Morgan fingerprint density at radius 1 is 1.27 bits per heavy atom. The van der Waals surface area contributed by atoms with Gasteiger partial charge in [-0.25, -0.2) is 0 Å². The number of aromatic hydroxyl groups is 2. The second kappa shape index (κ2) is 6.41. The number of allylic oxidation sites excluding steroid dienone is 3. The number of rotatable bonds is 3. The second-order valence-corrected chi connectivity index (χ2v) is 6.11. The summed E-state index contributed by atoms with van der Waals surface area (Å²) in [5.41, 5.74) is 3.06. The van der Waals surface area contributed by atoms with E-state index in [1.165, 1.54) is 0 Å². The van der Waals surface area contributed by atoms with Crippen LogP contribution in [-0.4, -0.2) is 21.4 Å². The third kappa shape index (κ3) is 3.09. The quantitative estimate of drug-likeness (QED) is 0.736. The number of phenols is 2. The molecule has 0 fully saturated rings. The number of hydrogen-bond acceptors (Lipinski definition) is 3. The van der Waals surface area contributed by atoms with Crippen LogP contribution >= 0.6 is 0 Å². The molecule has 3 atom stereocenters. The molecule has 0 saturated heterocycles. The normalized spacial score (nSPS) is 25.3. The van der Waals surface area contributed by atoms with Crippen molar-refractivity contribution in [2.24, 2.45) is 5.92 Å². The van der Waals surface area contributed by atoms with Crippen LogP contribution in [0.3, 0.4) is 0 Å². The van der Waals surface area contributed by atoms with E-state index in [2.05, 4.69) is 6.58 Å². The number of aliphatic hydroxyl groups is 1. The lowest BCUT2D eigenvalue weighted by molar-refractivity contribution is 0.168. The lowest BCUT2D eigenvalue weighted by Gasteiger charge is -2.34. The summed E-state index contributed by atoms with van der Waals surface area (Å²) >= 11 is 0. The molecule has 2 unspecified atom stereocenters. The summed E-state index contributed by atoms with van der Waals surface area (Å²) in [6.45, 7) is 9.68. The Labute approximate surface area is 131 Å². The fourth-order valence-electron chi connectivity index (χ4n) is 3.15. The van der Waals surface area contributed by atoms with Crippen molar-refractivity contribution in [3.05, 3.63) is 53.1 Å². The van der Waals surface area contributed by atoms with Gasteiger partial charge in [0, 0.05) is 11.5 Å². The maximum atomic E-state index is 10.4. The van der Waals surface area contributed by atoms with Gasteiger partial charge < -0.3 is 15.3 Å². The molecule has 1 aromatic rings. The minimum atomic E-state index is -0.496. The highest BCUT2D eigenvalue weighted by Gasteiger charge is 2.33. The molecule has 0 amide bonds. The van der Waals surface area contributed by atoms with Gasteiger partial charge in [0.05, 0.1) is 6.10 Å². The molecule has 3 N–H and O–H groups in total. The average molecular weight is 300 g/mol. The molecule has 0 saturated carbocycles. The van der Waals surface area contributed by atoms with E-state index in [9.17, 15) is 15.3 Å². The molecule has 1 aliphatic rings. The zero-order valence-corrected chi connectivity index (χ0v) is 13.4. The van der Waals surface area contributed by atoms with Gasteiger partial charge in [-0.15, -0.1) is 0 Å². The lowest BCUT2D eigenvalue weighted by atomic mass is 9.72. The first-order valence-electron chi connectivity index (χ1n) is 7.55. The molecule has 118 valence electrons. The van der Waals surface area contributed by atoms with Crippen molar-refractivity contribution in [2.75, 3.05) is 0 Å². The van der Waals surface area contributed by atoms with Crippen LogP contribution in [0, 0.1) is 5.92 Å². The SMILES string of the molecule is C=C(C)C1CC(O)C(C)=C[C@@H]1c1c(O)cc(/C=C/C)cc1O. The van der Waals surface area contributed by atoms with Gasteiger partial charge in [0.25, 0.3) is 0 Å². The number of hydrogen-bond donors (Lipinski definition) is 3. The van der Waals surface area contributed by atoms with Crippen molar-refractivity contribution in [3.8, 4) is 11.5 Å². The molecule has 0 aliphatic heterocycles. The maximum Gasteiger partial charge on any atom is 0.123 e. The minimum absolute atomic E-state index is 0.0110. The molecule has 0 radical (unpaired) electrons. The van der Waals surface area contributed by atoms with Gasteiger partial charge in [-0.3, -0.25) is 0 Å². The Kier molecular flexibility index (Phi) is 4.77. The van der Waals surface area contributed by atoms with Crippen molar-refractivity contribution in [3.63, 3.8) is 0 Å². The molecular weight excluding hydrogens is 276 g/mol. The van der Waals surface area contributed by atoms with Crippen molar-refractivity contribution < 1.29 is 15.3 Å². The zero-order valence-electron chi connectivity index (χ0n) is 13.4. The summed E-state index contributed by atoms with van der Waals surface area (Å²) in [5.74, 6) is -0.0433. The molecule has 0 spiro atoms. The highest BCUT2D eigenvalue weighted by Crippen LogP contribution is 2.46. The van der Waals surface area contributed by atoms with Crippen LogP contribution in [0.4, 0.5) is 0 Å². The molecule has 0 bridgehead atoms. The van der Waals surface area contributed by atoms with Gasteiger partial charge >= 0.3 is 0 Å². The van der Waals surface area contributed by atoms with Gasteiger partial charge in [-0.2, -0.15) is 0 Å². The van der Waals surface area contributed by atoms with E-state index in [-0.39, 0.29) is 23.3 Å².